The monoisotopic (exact) mass is 289 g/mol. The Morgan fingerprint density at radius 1 is 1.43 bits per heavy atom. The summed E-state index contributed by atoms with van der Waals surface area (Å²) in [5, 5.41) is 0. The summed E-state index contributed by atoms with van der Waals surface area (Å²) in [7, 11) is 2.21. The normalized spacial score (nSPS) is 20.7. The van der Waals surface area contributed by atoms with E-state index in [1.54, 1.807) is 0 Å². The lowest BCUT2D eigenvalue weighted by molar-refractivity contribution is 0.270. The molecule has 0 aliphatic carbocycles. The van der Waals surface area contributed by atoms with Crippen molar-refractivity contribution in [3.8, 4) is 0 Å². The Morgan fingerprint density at radius 2 is 2.19 bits per heavy atom. The molecule has 0 amide bonds. The molecule has 0 radical (unpaired) electrons. The Bertz CT molecular complexity index is 456. The first-order valence-electron chi connectivity index (χ1n) is 8.31. The molecular formula is C18H31N3. The second kappa shape index (κ2) is 7.28. The lowest BCUT2D eigenvalue weighted by atomic mass is 10.0. The number of anilines is 1. The molecule has 0 saturated carbocycles. The van der Waals surface area contributed by atoms with Crippen molar-refractivity contribution in [3.63, 3.8) is 0 Å². The van der Waals surface area contributed by atoms with E-state index in [9.17, 15) is 0 Å². The van der Waals surface area contributed by atoms with E-state index >= 15 is 0 Å². The Balaban J connectivity index is 2.02. The number of rotatable bonds is 6. The summed E-state index contributed by atoms with van der Waals surface area (Å²) < 4.78 is 0. The smallest absolute Gasteiger partial charge is 0.0366 e. The summed E-state index contributed by atoms with van der Waals surface area (Å²) in [4.78, 5) is 5.01. The first-order valence-corrected chi connectivity index (χ1v) is 8.31. The number of nitrogens with two attached hydrogens (primary N) is 1. The Kier molecular flexibility index (Phi) is 5.65. The highest BCUT2D eigenvalue weighted by molar-refractivity contribution is 5.50. The van der Waals surface area contributed by atoms with Crippen molar-refractivity contribution in [2.75, 3.05) is 31.6 Å². The molecule has 2 N–H and O–H groups in total. The highest BCUT2D eigenvalue weighted by Crippen LogP contribution is 2.23. The van der Waals surface area contributed by atoms with E-state index in [0.717, 1.165) is 13.0 Å². The van der Waals surface area contributed by atoms with E-state index in [2.05, 4.69) is 55.8 Å². The second-order valence-electron chi connectivity index (χ2n) is 6.60. The second-order valence-corrected chi connectivity index (χ2v) is 6.60. The summed E-state index contributed by atoms with van der Waals surface area (Å²) in [6.07, 6.45) is 3.64. The third-order valence-electron chi connectivity index (χ3n) is 4.70. The number of nitrogens with zero attached hydrogens (tertiary/aromatic N) is 2. The maximum Gasteiger partial charge on any atom is 0.0366 e. The predicted octanol–water partition coefficient (Wildman–Crippen LogP) is 2.81. The van der Waals surface area contributed by atoms with Gasteiger partial charge in [0.1, 0.15) is 0 Å². The summed E-state index contributed by atoms with van der Waals surface area (Å²) in [6.45, 7) is 10.1. The van der Waals surface area contributed by atoms with Crippen LogP contribution in [-0.4, -0.2) is 43.7 Å². The standard InChI is InChI=1S/C18H31N3/c1-5-21-10-6-7-18(21)13-20(4)17-9-8-16(12-15(3)19)14(2)11-17/h8-9,11,15,18H,5-7,10,12-13,19H2,1-4H3. The third kappa shape index (κ3) is 4.21. The van der Waals surface area contributed by atoms with Gasteiger partial charge in [-0.25, -0.2) is 0 Å². The van der Waals surface area contributed by atoms with Gasteiger partial charge in [-0.2, -0.15) is 0 Å². The van der Waals surface area contributed by atoms with Crippen molar-refractivity contribution in [1.29, 1.82) is 0 Å². The summed E-state index contributed by atoms with van der Waals surface area (Å²) >= 11 is 0. The Morgan fingerprint density at radius 3 is 2.81 bits per heavy atom. The van der Waals surface area contributed by atoms with E-state index in [1.807, 2.05) is 0 Å². The molecular weight excluding hydrogens is 258 g/mol. The molecule has 2 atom stereocenters. The van der Waals surface area contributed by atoms with E-state index in [4.69, 9.17) is 5.73 Å². The van der Waals surface area contributed by atoms with Crippen molar-refractivity contribution in [2.24, 2.45) is 5.73 Å². The van der Waals surface area contributed by atoms with Gasteiger partial charge in [0.15, 0.2) is 0 Å². The van der Waals surface area contributed by atoms with Gasteiger partial charge in [0.05, 0.1) is 0 Å². The fraction of sp³-hybridized carbons (Fsp3) is 0.667. The largest absolute Gasteiger partial charge is 0.373 e. The summed E-state index contributed by atoms with van der Waals surface area (Å²) in [5.41, 5.74) is 9.97. The highest BCUT2D eigenvalue weighted by atomic mass is 15.2. The highest BCUT2D eigenvalue weighted by Gasteiger charge is 2.24. The average Bonchev–Trinajstić information content (AvgIpc) is 2.87. The van der Waals surface area contributed by atoms with Gasteiger partial charge in [-0.05, 0) is 69.5 Å². The number of likely N-dealkylation sites (N-methyl/N-ethyl adjacent to an activating group) is 2. The molecule has 1 aromatic carbocycles. The molecule has 2 rings (SSSR count). The maximum absolute atomic E-state index is 5.91. The molecule has 0 aromatic heterocycles. The van der Waals surface area contributed by atoms with Gasteiger partial charge in [-0.15, -0.1) is 0 Å². The molecule has 2 unspecified atom stereocenters. The van der Waals surface area contributed by atoms with E-state index < -0.39 is 0 Å². The van der Waals surface area contributed by atoms with Crippen LogP contribution in [0.15, 0.2) is 18.2 Å². The fourth-order valence-corrected chi connectivity index (χ4v) is 3.43. The molecule has 1 saturated heterocycles. The van der Waals surface area contributed by atoms with Crippen LogP contribution in [-0.2, 0) is 6.42 Å². The van der Waals surface area contributed by atoms with Crippen molar-refractivity contribution < 1.29 is 0 Å². The number of hydrogen-bond donors (Lipinski definition) is 1. The number of hydrogen-bond acceptors (Lipinski definition) is 3. The maximum atomic E-state index is 5.91. The van der Waals surface area contributed by atoms with Crippen LogP contribution in [0.1, 0.15) is 37.8 Å². The Hall–Kier alpha value is -1.06. The predicted molar refractivity (Wildman–Crippen MR) is 92.1 cm³/mol. The fourth-order valence-electron chi connectivity index (χ4n) is 3.43. The summed E-state index contributed by atoms with van der Waals surface area (Å²) in [5.74, 6) is 0. The minimum atomic E-state index is 0.226. The van der Waals surface area contributed by atoms with Gasteiger partial charge in [-0.1, -0.05) is 13.0 Å². The molecule has 1 heterocycles. The molecule has 1 aromatic rings. The van der Waals surface area contributed by atoms with Crippen molar-refractivity contribution in [1.82, 2.24) is 4.90 Å². The molecule has 0 spiro atoms. The van der Waals surface area contributed by atoms with E-state index in [0.29, 0.717) is 6.04 Å². The van der Waals surface area contributed by atoms with Gasteiger partial charge in [0.2, 0.25) is 0 Å². The van der Waals surface area contributed by atoms with Gasteiger partial charge >= 0.3 is 0 Å². The molecule has 3 nitrogen and oxygen atoms in total. The van der Waals surface area contributed by atoms with Gasteiger partial charge < -0.3 is 10.6 Å². The minimum Gasteiger partial charge on any atom is -0.373 e. The third-order valence-corrected chi connectivity index (χ3v) is 4.70. The van der Waals surface area contributed by atoms with Gasteiger partial charge in [0, 0.05) is 31.4 Å². The van der Waals surface area contributed by atoms with Crippen LogP contribution in [0.3, 0.4) is 0 Å². The van der Waals surface area contributed by atoms with Crippen LogP contribution in [0.4, 0.5) is 5.69 Å². The van der Waals surface area contributed by atoms with Crippen LogP contribution in [0, 0.1) is 6.92 Å². The number of aryl methyl sites for hydroxylation is 1. The molecule has 3 heteroatoms. The Labute approximate surface area is 130 Å². The van der Waals surface area contributed by atoms with E-state index in [1.165, 1.54) is 42.7 Å². The topological polar surface area (TPSA) is 32.5 Å². The van der Waals surface area contributed by atoms with Gasteiger partial charge in [-0.3, -0.25) is 4.90 Å². The zero-order valence-corrected chi connectivity index (χ0v) is 14.1. The average molecular weight is 289 g/mol. The van der Waals surface area contributed by atoms with Crippen LogP contribution in [0.25, 0.3) is 0 Å². The quantitative estimate of drug-likeness (QED) is 0.874. The first-order chi connectivity index (χ1) is 10.0. The molecule has 0 bridgehead atoms. The van der Waals surface area contributed by atoms with Crippen molar-refractivity contribution in [3.05, 3.63) is 29.3 Å². The molecule has 1 aliphatic rings. The first kappa shape index (κ1) is 16.3. The SMILES string of the molecule is CCN1CCCC1CN(C)c1ccc(CC(C)N)c(C)c1. The van der Waals surface area contributed by atoms with Crippen molar-refractivity contribution >= 4 is 5.69 Å². The number of benzene rings is 1. The van der Waals surface area contributed by atoms with Crippen LogP contribution >= 0.6 is 0 Å². The lowest BCUT2D eigenvalue weighted by Crippen LogP contribution is -2.38. The van der Waals surface area contributed by atoms with Crippen molar-refractivity contribution in [2.45, 2.75) is 52.1 Å². The zero-order valence-electron chi connectivity index (χ0n) is 14.1. The van der Waals surface area contributed by atoms with Crippen LogP contribution < -0.4 is 10.6 Å². The minimum absolute atomic E-state index is 0.226. The van der Waals surface area contributed by atoms with Crippen LogP contribution in [0.2, 0.25) is 0 Å². The van der Waals surface area contributed by atoms with Gasteiger partial charge in [0.25, 0.3) is 0 Å². The lowest BCUT2D eigenvalue weighted by Gasteiger charge is -2.29. The molecule has 1 fully saturated rings. The summed E-state index contributed by atoms with van der Waals surface area (Å²) in [6, 6.07) is 7.74. The molecule has 118 valence electrons. The molecule has 1 aliphatic heterocycles. The number of likely N-dealkylation sites (tertiary alicyclic amines) is 1. The van der Waals surface area contributed by atoms with E-state index in [-0.39, 0.29) is 6.04 Å². The zero-order chi connectivity index (χ0) is 15.4. The molecule has 21 heavy (non-hydrogen) atoms. The van der Waals surface area contributed by atoms with Crippen LogP contribution in [0.5, 0.6) is 0 Å².